The summed E-state index contributed by atoms with van der Waals surface area (Å²) in [6.07, 6.45) is 1.99. The molecule has 0 aliphatic carbocycles. The molecular formula is C12H22N2O3S. The normalized spacial score (nSPS) is 16.6. The maximum absolute atomic E-state index is 12.1. The molecule has 0 bridgehead atoms. The summed E-state index contributed by atoms with van der Waals surface area (Å²) in [7, 11) is 0. The Morgan fingerprint density at radius 3 is 2.50 bits per heavy atom. The van der Waals surface area contributed by atoms with Crippen LogP contribution in [0.15, 0.2) is 0 Å². The Kier molecular flexibility index (Phi) is 6.32. The topological polar surface area (TPSA) is 69.6 Å². The molecule has 0 aromatic heterocycles. The van der Waals surface area contributed by atoms with E-state index in [2.05, 4.69) is 5.32 Å². The van der Waals surface area contributed by atoms with E-state index in [0.717, 1.165) is 24.3 Å². The largest absolute Gasteiger partial charge is 0.481 e. The lowest BCUT2D eigenvalue weighted by Crippen LogP contribution is -2.49. The molecule has 1 aliphatic heterocycles. The minimum atomic E-state index is -0.873. The van der Waals surface area contributed by atoms with Gasteiger partial charge in [0.15, 0.2) is 0 Å². The fourth-order valence-corrected chi connectivity index (χ4v) is 3.02. The first-order valence-electron chi connectivity index (χ1n) is 6.37. The third kappa shape index (κ3) is 5.16. The molecule has 0 radical (unpaired) electrons. The lowest BCUT2D eigenvalue weighted by Gasteiger charge is -2.30. The van der Waals surface area contributed by atoms with Crippen molar-refractivity contribution in [1.82, 2.24) is 10.2 Å². The van der Waals surface area contributed by atoms with E-state index in [1.54, 1.807) is 4.90 Å². The highest BCUT2D eigenvalue weighted by atomic mass is 32.2. The zero-order chi connectivity index (χ0) is 13.5. The Morgan fingerprint density at radius 1 is 1.39 bits per heavy atom. The number of aliphatic carboxylic acids is 1. The first-order valence-corrected chi connectivity index (χ1v) is 7.53. The van der Waals surface area contributed by atoms with E-state index in [0.29, 0.717) is 0 Å². The van der Waals surface area contributed by atoms with E-state index < -0.39 is 5.97 Å². The summed E-state index contributed by atoms with van der Waals surface area (Å²) < 4.78 is 0. The van der Waals surface area contributed by atoms with Gasteiger partial charge in [-0.05, 0) is 38.2 Å². The fourth-order valence-electron chi connectivity index (χ4n) is 1.91. The molecule has 1 fully saturated rings. The molecule has 6 heteroatoms. The van der Waals surface area contributed by atoms with E-state index in [9.17, 15) is 9.59 Å². The number of carbonyl (C=O) groups excluding carboxylic acids is 1. The van der Waals surface area contributed by atoms with Crippen LogP contribution in [0.1, 0.15) is 33.1 Å². The third-order valence-electron chi connectivity index (χ3n) is 3.00. The van der Waals surface area contributed by atoms with Gasteiger partial charge >= 0.3 is 12.0 Å². The lowest BCUT2D eigenvalue weighted by atomic mass is 10.1. The van der Waals surface area contributed by atoms with Gasteiger partial charge in [-0.3, -0.25) is 4.79 Å². The maximum Gasteiger partial charge on any atom is 0.317 e. The molecule has 0 atom stereocenters. The van der Waals surface area contributed by atoms with Crippen LogP contribution in [0.2, 0.25) is 0 Å². The van der Waals surface area contributed by atoms with Crippen molar-refractivity contribution in [3.8, 4) is 0 Å². The first-order chi connectivity index (χ1) is 8.50. The van der Waals surface area contributed by atoms with Gasteiger partial charge in [0.2, 0.25) is 0 Å². The Hall–Kier alpha value is -0.910. The highest BCUT2D eigenvalue weighted by Crippen LogP contribution is 2.17. The molecule has 0 unspecified atom stereocenters. The monoisotopic (exact) mass is 274 g/mol. The molecule has 104 valence electrons. The van der Waals surface area contributed by atoms with Gasteiger partial charge in [0.25, 0.3) is 0 Å². The van der Waals surface area contributed by atoms with Gasteiger partial charge in [0, 0.05) is 18.6 Å². The van der Waals surface area contributed by atoms with Crippen LogP contribution in [0.25, 0.3) is 0 Å². The van der Waals surface area contributed by atoms with Crippen LogP contribution in [-0.4, -0.2) is 52.1 Å². The first kappa shape index (κ1) is 15.1. The molecule has 2 N–H and O–H groups in total. The van der Waals surface area contributed by atoms with Crippen LogP contribution >= 0.6 is 11.8 Å². The number of carboxylic acid groups (broad SMARTS) is 1. The third-order valence-corrected chi connectivity index (χ3v) is 4.05. The van der Waals surface area contributed by atoms with Crippen molar-refractivity contribution in [2.24, 2.45) is 0 Å². The Bertz CT molecular complexity index is 291. The predicted molar refractivity (Wildman–Crippen MR) is 73.0 cm³/mol. The average molecular weight is 274 g/mol. The molecule has 1 rings (SSSR count). The molecular weight excluding hydrogens is 252 g/mol. The number of amides is 2. The second-order valence-electron chi connectivity index (χ2n) is 4.77. The number of carboxylic acids is 1. The van der Waals surface area contributed by atoms with Gasteiger partial charge in [-0.1, -0.05) is 0 Å². The van der Waals surface area contributed by atoms with Gasteiger partial charge < -0.3 is 15.3 Å². The summed E-state index contributed by atoms with van der Waals surface area (Å²) in [6, 6.07) is 0.121. The van der Waals surface area contributed by atoms with Crippen molar-refractivity contribution < 1.29 is 14.7 Å². The van der Waals surface area contributed by atoms with Gasteiger partial charge in [0.05, 0.1) is 6.42 Å². The van der Waals surface area contributed by atoms with Crippen molar-refractivity contribution in [2.75, 3.05) is 18.1 Å². The molecule has 5 nitrogen and oxygen atoms in total. The van der Waals surface area contributed by atoms with Gasteiger partial charge in [-0.2, -0.15) is 11.8 Å². The summed E-state index contributed by atoms with van der Waals surface area (Å²) >= 11 is 1.91. The summed E-state index contributed by atoms with van der Waals surface area (Å²) in [5.74, 6) is 1.30. The molecule has 1 aliphatic rings. The molecule has 0 spiro atoms. The van der Waals surface area contributed by atoms with Crippen LogP contribution in [0.3, 0.4) is 0 Å². The Labute approximate surface area is 112 Å². The number of hydrogen-bond acceptors (Lipinski definition) is 3. The van der Waals surface area contributed by atoms with Crippen molar-refractivity contribution in [3.05, 3.63) is 0 Å². The number of thioether (sulfide) groups is 1. The molecule has 0 aromatic rings. The summed E-state index contributed by atoms with van der Waals surface area (Å²) in [5.41, 5.74) is 0. The van der Waals surface area contributed by atoms with E-state index in [4.69, 9.17) is 5.11 Å². The van der Waals surface area contributed by atoms with E-state index >= 15 is 0 Å². The molecule has 18 heavy (non-hydrogen) atoms. The second-order valence-corrected chi connectivity index (χ2v) is 5.99. The lowest BCUT2D eigenvalue weighted by molar-refractivity contribution is -0.137. The van der Waals surface area contributed by atoms with Gasteiger partial charge in [-0.15, -0.1) is 0 Å². The quantitative estimate of drug-likeness (QED) is 0.801. The fraction of sp³-hybridized carbons (Fsp3) is 0.833. The number of hydrogen-bond donors (Lipinski definition) is 2. The standard InChI is InChI=1S/C12H22N2O3S/c1-9(2)14(6-3-11(15)16)12(17)13-10-4-7-18-8-5-10/h9-10H,3-8H2,1-2H3,(H,13,17)(H,15,16). The van der Waals surface area contributed by atoms with Crippen LogP contribution in [0.5, 0.6) is 0 Å². The minimum Gasteiger partial charge on any atom is -0.481 e. The van der Waals surface area contributed by atoms with Crippen LogP contribution in [0.4, 0.5) is 4.79 Å². The molecule has 2 amide bonds. The number of nitrogens with zero attached hydrogens (tertiary/aromatic N) is 1. The SMILES string of the molecule is CC(C)N(CCC(=O)O)C(=O)NC1CCSCC1. The summed E-state index contributed by atoms with van der Waals surface area (Å²) in [5, 5.41) is 11.7. The van der Waals surface area contributed by atoms with Gasteiger partial charge in [0.1, 0.15) is 0 Å². The summed E-state index contributed by atoms with van der Waals surface area (Å²) in [6.45, 7) is 4.07. The van der Waals surface area contributed by atoms with Crippen molar-refractivity contribution >= 4 is 23.8 Å². The Morgan fingerprint density at radius 2 is 2.00 bits per heavy atom. The molecule has 0 saturated carbocycles. The van der Waals surface area contributed by atoms with E-state index in [-0.39, 0.29) is 31.1 Å². The smallest absolute Gasteiger partial charge is 0.317 e. The number of urea groups is 1. The highest BCUT2D eigenvalue weighted by Gasteiger charge is 2.22. The maximum atomic E-state index is 12.1. The average Bonchev–Trinajstić information content (AvgIpc) is 2.29. The van der Waals surface area contributed by atoms with Crippen LogP contribution < -0.4 is 5.32 Å². The molecule has 1 saturated heterocycles. The van der Waals surface area contributed by atoms with Crippen molar-refractivity contribution in [1.29, 1.82) is 0 Å². The van der Waals surface area contributed by atoms with E-state index in [1.165, 1.54) is 0 Å². The number of nitrogens with one attached hydrogen (secondary N) is 1. The van der Waals surface area contributed by atoms with Gasteiger partial charge in [-0.25, -0.2) is 4.79 Å². The molecule has 1 heterocycles. The van der Waals surface area contributed by atoms with Crippen molar-refractivity contribution in [2.45, 2.75) is 45.2 Å². The second kappa shape index (κ2) is 7.51. The Balaban J connectivity index is 2.45. The van der Waals surface area contributed by atoms with Crippen LogP contribution in [-0.2, 0) is 4.79 Å². The summed E-state index contributed by atoms with van der Waals surface area (Å²) in [4.78, 5) is 24.3. The van der Waals surface area contributed by atoms with E-state index in [1.807, 2.05) is 25.6 Å². The zero-order valence-electron chi connectivity index (χ0n) is 11.0. The zero-order valence-corrected chi connectivity index (χ0v) is 11.8. The molecule has 0 aromatic carbocycles. The van der Waals surface area contributed by atoms with Crippen molar-refractivity contribution in [3.63, 3.8) is 0 Å². The van der Waals surface area contributed by atoms with Crippen LogP contribution in [0, 0.1) is 0 Å². The number of carbonyl (C=O) groups is 2. The predicted octanol–water partition coefficient (Wildman–Crippen LogP) is 1.78. The number of rotatable bonds is 5. The minimum absolute atomic E-state index is 0.00782. The highest BCUT2D eigenvalue weighted by molar-refractivity contribution is 7.99.